The van der Waals surface area contributed by atoms with Crippen LogP contribution in [0.5, 0.6) is 0 Å². The number of piperazine rings is 1. The van der Waals surface area contributed by atoms with E-state index in [2.05, 4.69) is 64.3 Å². The molecule has 5 nitrogen and oxygen atoms in total. The lowest BCUT2D eigenvalue weighted by Crippen LogP contribution is -2.52. The Morgan fingerprint density at radius 2 is 1.81 bits per heavy atom. The molecule has 2 heterocycles. The van der Waals surface area contributed by atoms with Crippen LogP contribution in [0.15, 0.2) is 53.7 Å². The zero-order valence-electron chi connectivity index (χ0n) is 15.6. The Kier molecular flexibility index (Phi) is 8.15. The van der Waals surface area contributed by atoms with E-state index < -0.39 is 0 Å². The third-order valence-electron chi connectivity index (χ3n) is 4.55. The van der Waals surface area contributed by atoms with Gasteiger partial charge in [-0.2, -0.15) is 0 Å². The molecule has 0 amide bonds. The Hall–Kier alpha value is -1.83. The molecule has 6 heteroatoms. The average Bonchev–Trinajstić information content (AvgIpc) is 2.67. The Bertz CT molecular complexity index is 696. The first kappa shape index (κ1) is 20.5. The van der Waals surface area contributed by atoms with Crippen molar-refractivity contribution in [2.24, 2.45) is 4.99 Å². The second-order valence-corrected chi connectivity index (χ2v) is 6.26. The molecule has 2 aromatic rings. The van der Waals surface area contributed by atoms with Gasteiger partial charge in [0.05, 0.1) is 6.54 Å². The van der Waals surface area contributed by atoms with Gasteiger partial charge in [-0.1, -0.05) is 30.3 Å². The summed E-state index contributed by atoms with van der Waals surface area (Å²) in [5.41, 5.74) is 2.58. The molecule has 0 aliphatic carbocycles. The lowest BCUT2D eigenvalue weighted by atomic mass is 10.1. The molecule has 1 aliphatic rings. The molecule has 0 radical (unpaired) electrons. The van der Waals surface area contributed by atoms with Crippen molar-refractivity contribution >= 4 is 35.8 Å². The van der Waals surface area contributed by atoms with E-state index in [0.29, 0.717) is 0 Å². The predicted octanol–water partition coefficient (Wildman–Crippen LogP) is 3.30. The number of hydrogen-bond acceptors (Lipinski definition) is 3. The summed E-state index contributed by atoms with van der Waals surface area (Å²) < 4.78 is 0. The highest BCUT2D eigenvalue weighted by atomic mass is 127. The highest BCUT2D eigenvalue weighted by Gasteiger charge is 2.20. The molecule has 0 spiro atoms. The maximum absolute atomic E-state index is 4.86. The molecule has 0 saturated carbocycles. The summed E-state index contributed by atoms with van der Waals surface area (Å²) in [6.07, 6.45) is 1.86. The van der Waals surface area contributed by atoms with Crippen LogP contribution in [0.2, 0.25) is 0 Å². The number of pyridine rings is 1. The first-order valence-electron chi connectivity index (χ1n) is 9.01. The summed E-state index contributed by atoms with van der Waals surface area (Å²) >= 11 is 0. The molecule has 1 fully saturated rings. The van der Waals surface area contributed by atoms with Gasteiger partial charge in [0, 0.05) is 38.9 Å². The van der Waals surface area contributed by atoms with Crippen molar-refractivity contribution in [1.29, 1.82) is 0 Å². The number of aromatic nitrogens is 1. The van der Waals surface area contributed by atoms with Gasteiger partial charge in [-0.05, 0) is 37.1 Å². The second kappa shape index (κ2) is 10.4. The van der Waals surface area contributed by atoms with Crippen molar-refractivity contribution in [3.63, 3.8) is 0 Å². The van der Waals surface area contributed by atoms with Gasteiger partial charge in [-0.3, -0.25) is 0 Å². The SMILES string of the molecule is CCNC(=NCc1ccccc1C)N1CCN(c2ccccn2)CC1.I. The minimum atomic E-state index is 0. The Labute approximate surface area is 173 Å². The predicted molar refractivity (Wildman–Crippen MR) is 119 cm³/mol. The van der Waals surface area contributed by atoms with Crippen molar-refractivity contribution in [2.45, 2.75) is 20.4 Å². The van der Waals surface area contributed by atoms with E-state index in [1.54, 1.807) is 0 Å². The Morgan fingerprint density at radius 1 is 1.08 bits per heavy atom. The van der Waals surface area contributed by atoms with Gasteiger partial charge < -0.3 is 15.1 Å². The molecule has 1 aromatic carbocycles. The molecule has 0 bridgehead atoms. The monoisotopic (exact) mass is 465 g/mol. The van der Waals surface area contributed by atoms with Gasteiger partial charge in [0.25, 0.3) is 0 Å². The summed E-state index contributed by atoms with van der Waals surface area (Å²) in [6.45, 7) is 9.70. The lowest BCUT2D eigenvalue weighted by molar-refractivity contribution is 0.371. The van der Waals surface area contributed by atoms with Crippen LogP contribution >= 0.6 is 24.0 Å². The molecule has 0 unspecified atom stereocenters. The fourth-order valence-electron chi connectivity index (χ4n) is 3.06. The molecule has 1 aromatic heterocycles. The van der Waals surface area contributed by atoms with Crippen molar-refractivity contribution in [3.8, 4) is 0 Å². The fraction of sp³-hybridized carbons (Fsp3) is 0.400. The molecule has 1 saturated heterocycles. The van der Waals surface area contributed by atoms with Crippen molar-refractivity contribution in [1.82, 2.24) is 15.2 Å². The van der Waals surface area contributed by atoms with Crippen molar-refractivity contribution < 1.29 is 0 Å². The number of hydrogen-bond donors (Lipinski definition) is 1. The van der Waals surface area contributed by atoms with Gasteiger partial charge in [0.2, 0.25) is 0 Å². The summed E-state index contributed by atoms with van der Waals surface area (Å²) in [6, 6.07) is 14.5. The molecule has 26 heavy (non-hydrogen) atoms. The molecule has 3 rings (SSSR count). The molecular formula is C20H28IN5. The second-order valence-electron chi connectivity index (χ2n) is 6.26. The minimum Gasteiger partial charge on any atom is -0.357 e. The van der Waals surface area contributed by atoms with Crippen LogP contribution in [-0.2, 0) is 6.54 Å². The maximum Gasteiger partial charge on any atom is 0.194 e. The van der Waals surface area contributed by atoms with Gasteiger partial charge in [-0.25, -0.2) is 9.98 Å². The largest absolute Gasteiger partial charge is 0.357 e. The van der Waals surface area contributed by atoms with E-state index >= 15 is 0 Å². The number of aryl methyl sites for hydroxylation is 1. The number of rotatable bonds is 4. The van der Waals surface area contributed by atoms with E-state index in [1.165, 1.54) is 11.1 Å². The Morgan fingerprint density at radius 3 is 2.46 bits per heavy atom. The third-order valence-corrected chi connectivity index (χ3v) is 4.55. The zero-order chi connectivity index (χ0) is 17.5. The number of guanidine groups is 1. The average molecular weight is 465 g/mol. The molecular weight excluding hydrogens is 437 g/mol. The van der Waals surface area contributed by atoms with Crippen molar-refractivity contribution in [3.05, 3.63) is 59.8 Å². The maximum atomic E-state index is 4.86. The standard InChI is InChI=1S/C20H27N5.HI/c1-3-21-20(23-16-18-9-5-4-8-17(18)2)25-14-12-24(13-15-25)19-10-6-7-11-22-19;/h4-11H,3,12-16H2,1-2H3,(H,21,23);1H. The topological polar surface area (TPSA) is 43.8 Å². The smallest absolute Gasteiger partial charge is 0.194 e. The first-order valence-corrected chi connectivity index (χ1v) is 9.01. The quantitative estimate of drug-likeness (QED) is 0.428. The number of aliphatic imine (C=N–C) groups is 1. The molecule has 1 N–H and O–H groups in total. The number of nitrogens with zero attached hydrogens (tertiary/aromatic N) is 4. The highest BCUT2D eigenvalue weighted by Crippen LogP contribution is 2.13. The van der Waals surface area contributed by atoms with Crippen LogP contribution in [0.3, 0.4) is 0 Å². The van der Waals surface area contributed by atoms with Gasteiger partial charge >= 0.3 is 0 Å². The molecule has 1 aliphatic heterocycles. The third kappa shape index (κ3) is 5.33. The zero-order valence-corrected chi connectivity index (χ0v) is 17.9. The summed E-state index contributed by atoms with van der Waals surface area (Å²) in [4.78, 5) is 14.0. The van der Waals surface area contributed by atoms with Gasteiger partial charge in [0.15, 0.2) is 5.96 Å². The summed E-state index contributed by atoms with van der Waals surface area (Å²) in [5, 5.41) is 3.44. The number of nitrogens with one attached hydrogen (secondary N) is 1. The van der Waals surface area contributed by atoms with E-state index in [1.807, 2.05) is 18.3 Å². The van der Waals surface area contributed by atoms with E-state index in [4.69, 9.17) is 4.99 Å². The van der Waals surface area contributed by atoms with Crippen LogP contribution in [0, 0.1) is 6.92 Å². The van der Waals surface area contributed by atoms with Crippen LogP contribution in [0.25, 0.3) is 0 Å². The fourth-order valence-corrected chi connectivity index (χ4v) is 3.06. The number of anilines is 1. The summed E-state index contributed by atoms with van der Waals surface area (Å²) in [7, 11) is 0. The number of halogens is 1. The van der Waals surface area contributed by atoms with Crippen LogP contribution in [0.1, 0.15) is 18.1 Å². The normalized spacial score (nSPS) is 14.8. The highest BCUT2D eigenvalue weighted by molar-refractivity contribution is 14.0. The first-order chi connectivity index (χ1) is 12.3. The van der Waals surface area contributed by atoms with E-state index in [9.17, 15) is 0 Å². The summed E-state index contributed by atoms with van der Waals surface area (Å²) in [5.74, 6) is 2.07. The minimum absolute atomic E-state index is 0. The lowest BCUT2D eigenvalue weighted by Gasteiger charge is -2.37. The molecule has 0 atom stereocenters. The Balaban J connectivity index is 0.00000243. The van der Waals surface area contributed by atoms with Crippen LogP contribution < -0.4 is 10.2 Å². The van der Waals surface area contributed by atoms with Gasteiger partial charge in [-0.15, -0.1) is 24.0 Å². The van der Waals surface area contributed by atoms with Crippen LogP contribution in [0.4, 0.5) is 5.82 Å². The van der Waals surface area contributed by atoms with Gasteiger partial charge in [0.1, 0.15) is 5.82 Å². The van der Waals surface area contributed by atoms with Crippen LogP contribution in [-0.4, -0.2) is 48.6 Å². The van der Waals surface area contributed by atoms with E-state index in [0.717, 1.165) is 51.0 Å². The van der Waals surface area contributed by atoms with Crippen molar-refractivity contribution in [2.75, 3.05) is 37.6 Å². The molecule has 140 valence electrons. The number of benzene rings is 1. The van der Waals surface area contributed by atoms with E-state index in [-0.39, 0.29) is 24.0 Å².